The predicted molar refractivity (Wildman–Crippen MR) is 121 cm³/mol. The van der Waals surface area contributed by atoms with Crippen LogP contribution in [0.15, 0.2) is 0 Å². The van der Waals surface area contributed by atoms with Crippen molar-refractivity contribution in [3.05, 3.63) is 0 Å². The van der Waals surface area contributed by atoms with Gasteiger partial charge in [-0.1, -0.05) is 78.6 Å². The lowest BCUT2D eigenvalue weighted by atomic mass is 10.2. The van der Waals surface area contributed by atoms with Crippen molar-refractivity contribution >= 4 is 32.3 Å². The van der Waals surface area contributed by atoms with E-state index < -0.39 is 32.3 Å². The molecule has 0 N–H and O–H groups in total. The topological polar surface area (TPSA) is 9.23 Å². The van der Waals surface area contributed by atoms with Crippen molar-refractivity contribution in [1.29, 1.82) is 0 Å². The van der Waals surface area contributed by atoms with Crippen molar-refractivity contribution in [3.63, 3.8) is 0 Å². The maximum atomic E-state index is 6.13. The van der Waals surface area contributed by atoms with Crippen LogP contribution in [0.5, 0.6) is 0 Å². The van der Waals surface area contributed by atoms with Gasteiger partial charge in [0.1, 0.15) is 0 Å². The summed E-state index contributed by atoms with van der Waals surface area (Å²) in [5, 5.41) is 1.90. The van der Waals surface area contributed by atoms with Gasteiger partial charge in [-0.25, -0.2) is 0 Å². The van der Waals surface area contributed by atoms with Crippen LogP contribution >= 0.6 is 0 Å². The lowest BCUT2D eigenvalue weighted by molar-refractivity contribution is 0.114. The van der Waals surface area contributed by atoms with Crippen LogP contribution in [0.2, 0.25) is 88.9 Å². The quantitative estimate of drug-likeness (QED) is 0.393. The van der Waals surface area contributed by atoms with Crippen LogP contribution in [0.1, 0.15) is 6.92 Å². The predicted octanol–water partition coefficient (Wildman–Crippen LogP) is 6.81. The summed E-state index contributed by atoms with van der Waals surface area (Å²) in [5.41, 5.74) is 0. The Labute approximate surface area is 152 Å². The molecule has 0 aliphatic rings. The Bertz CT molecular complexity index is 295. The molecule has 1 nitrogen and oxygen atoms in total. The minimum absolute atomic E-state index is 0.798. The zero-order chi connectivity index (χ0) is 18.9. The monoisotopic (exact) mass is 390 g/mol. The van der Waals surface area contributed by atoms with Crippen molar-refractivity contribution in [1.82, 2.24) is 0 Å². The zero-order valence-corrected chi connectivity index (χ0v) is 22.6. The maximum Gasteiger partial charge on any atom is 0.0488 e. The number of rotatable bonds is 9. The Morgan fingerprint density at radius 2 is 0.826 bits per heavy atom. The third-order valence-corrected chi connectivity index (χ3v) is 24.7. The third-order valence-electron chi connectivity index (χ3n) is 5.10. The summed E-state index contributed by atoms with van der Waals surface area (Å²) in [6.45, 7) is 35.4. The van der Waals surface area contributed by atoms with E-state index in [1.165, 1.54) is 0 Å². The highest BCUT2D eigenvalue weighted by molar-refractivity contribution is 6.99. The fourth-order valence-corrected chi connectivity index (χ4v) is 33.7. The minimum atomic E-state index is -1.23. The first-order valence-electron chi connectivity index (χ1n) is 9.51. The van der Waals surface area contributed by atoms with Gasteiger partial charge in [0.25, 0.3) is 0 Å². The molecule has 0 aromatic carbocycles. The van der Waals surface area contributed by atoms with E-state index >= 15 is 0 Å². The summed E-state index contributed by atoms with van der Waals surface area (Å²) in [7, 11) is -4.92. The summed E-state index contributed by atoms with van der Waals surface area (Å²) < 4.78 is 6.13. The molecule has 0 atom stereocenters. The molecule has 0 radical (unpaired) electrons. The second kappa shape index (κ2) is 8.02. The van der Waals surface area contributed by atoms with Crippen LogP contribution in [0.25, 0.3) is 0 Å². The van der Waals surface area contributed by atoms with E-state index in [1.54, 1.807) is 0 Å². The summed E-state index contributed by atoms with van der Waals surface area (Å²) in [4.78, 5) is 0. The van der Waals surface area contributed by atoms with Gasteiger partial charge < -0.3 is 4.74 Å². The second-order valence-electron chi connectivity index (χ2n) is 11.7. The number of ether oxygens (including phenoxy) is 1. The van der Waals surface area contributed by atoms with E-state index in [9.17, 15) is 0 Å². The van der Waals surface area contributed by atoms with E-state index in [2.05, 4.69) is 85.5 Å². The van der Waals surface area contributed by atoms with E-state index in [0.717, 1.165) is 29.5 Å². The summed E-state index contributed by atoms with van der Waals surface area (Å²) >= 11 is 0. The summed E-state index contributed by atoms with van der Waals surface area (Å²) in [5.74, 6) is 0.798. The average molecular weight is 391 g/mol. The van der Waals surface area contributed by atoms with Crippen LogP contribution < -0.4 is 0 Å². The maximum absolute atomic E-state index is 6.13. The number of hydrogen-bond donors (Lipinski definition) is 0. The van der Waals surface area contributed by atoms with E-state index in [1.807, 2.05) is 0 Å². The van der Waals surface area contributed by atoms with Crippen LogP contribution in [0.3, 0.4) is 0 Å². The smallest absolute Gasteiger partial charge is 0.0488 e. The molecule has 0 aliphatic heterocycles. The molecule has 0 rings (SSSR count). The minimum Gasteiger partial charge on any atom is -0.381 e. The van der Waals surface area contributed by atoms with E-state index in [-0.39, 0.29) is 0 Å². The molecule has 0 aromatic rings. The molecule has 0 aliphatic carbocycles. The van der Waals surface area contributed by atoms with Crippen LogP contribution in [-0.2, 0) is 4.74 Å². The molecule has 5 heteroatoms. The van der Waals surface area contributed by atoms with Crippen molar-refractivity contribution in [3.8, 4) is 0 Å². The highest BCUT2D eigenvalue weighted by atomic mass is 28.4. The van der Waals surface area contributed by atoms with Crippen LogP contribution in [-0.4, -0.2) is 45.5 Å². The van der Waals surface area contributed by atoms with Gasteiger partial charge in [0, 0.05) is 45.5 Å². The second-order valence-corrected chi connectivity index (χ2v) is 34.3. The van der Waals surface area contributed by atoms with Gasteiger partial charge in [-0.15, -0.1) is 0 Å². The first kappa shape index (κ1) is 23.8. The zero-order valence-electron chi connectivity index (χ0n) is 18.6. The molecule has 23 heavy (non-hydrogen) atoms. The average Bonchev–Trinajstić information content (AvgIpc) is 2.17. The van der Waals surface area contributed by atoms with Crippen molar-refractivity contribution in [2.75, 3.05) is 13.2 Å². The molecule has 0 saturated heterocycles. The summed E-state index contributed by atoms with van der Waals surface area (Å²) in [6.07, 6.45) is 0. The molecule has 0 aromatic heterocycles. The molecular weight excluding hydrogens is 345 g/mol. The Kier molecular flexibility index (Phi) is 8.31. The van der Waals surface area contributed by atoms with Gasteiger partial charge >= 0.3 is 0 Å². The van der Waals surface area contributed by atoms with Crippen LogP contribution in [0, 0.1) is 5.92 Å². The van der Waals surface area contributed by atoms with Gasteiger partial charge in [-0.05, 0) is 23.2 Å². The third kappa shape index (κ3) is 7.30. The van der Waals surface area contributed by atoms with Crippen molar-refractivity contribution in [2.45, 2.75) is 95.8 Å². The Morgan fingerprint density at radius 1 is 0.565 bits per heavy atom. The Morgan fingerprint density at radius 3 is 1.00 bits per heavy atom. The molecular formula is C18H46OSi4. The molecule has 0 unspecified atom stereocenters. The van der Waals surface area contributed by atoms with Crippen LogP contribution in [0.4, 0.5) is 0 Å². The fourth-order valence-electron chi connectivity index (χ4n) is 5.81. The number of hydrogen-bond acceptors (Lipinski definition) is 1. The Hall–Kier alpha value is 0.828. The largest absolute Gasteiger partial charge is 0.381 e. The molecule has 0 amide bonds. The molecule has 140 valence electrons. The Balaban J connectivity index is 6.16. The fraction of sp³-hybridized carbons (Fsp3) is 1.00. The van der Waals surface area contributed by atoms with Gasteiger partial charge in [0.05, 0.1) is 0 Å². The SMILES string of the molecule is CCOCC(C([Si](C)(C)C)[Si](C)(C)C)C([Si](C)(C)C)[Si](C)(C)C. The normalized spacial score (nSPS) is 15.1. The van der Waals surface area contributed by atoms with Gasteiger partial charge in [-0.2, -0.15) is 0 Å². The van der Waals surface area contributed by atoms with Gasteiger partial charge in [0.2, 0.25) is 0 Å². The van der Waals surface area contributed by atoms with Gasteiger partial charge in [-0.3, -0.25) is 0 Å². The molecule has 0 heterocycles. The lowest BCUT2D eigenvalue weighted by Gasteiger charge is -2.52. The summed E-state index contributed by atoms with van der Waals surface area (Å²) in [6, 6.07) is 0. The van der Waals surface area contributed by atoms with Crippen molar-refractivity contribution < 1.29 is 4.74 Å². The molecule has 0 fully saturated rings. The van der Waals surface area contributed by atoms with Crippen molar-refractivity contribution in [2.24, 2.45) is 5.92 Å². The highest BCUT2D eigenvalue weighted by Gasteiger charge is 2.51. The highest BCUT2D eigenvalue weighted by Crippen LogP contribution is 2.50. The standard InChI is InChI=1S/C18H46OSi4/c1-14-19-15-16(17(20(2,3)4)21(5,6)7)18(22(8,9)10)23(11,12)13/h16-18H,14-15H2,1-13H3. The van der Waals surface area contributed by atoms with E-state index in [0.29, 0.717) is 0 Å². The van der Waals surface area contributed by atoms with E-state index in [4.69, 9.17) is 4.74 Å². The van der Waals surface area contributed by atoms with Gasteiger partial charge in [0.15, 0.2) is 0 Å². The molecule has 0 saturated carbocycles. The first-order valence-corrected chi connectivity index (χ1v) is 23.8. The molecule has 0 spiro atoms. The first-order chi connectivity index (χ1) is 9.94. The lowest BCUT2D eigenvalue weighted by Crippen LogP contribution is -2.57. The molecule has 0 bridgehead atoms.